The molecule has 0 amide bonds. The molecule has 0 saturated heterocycles. The summed E-state index contributed by atoms with van der Waals surface area (Å²) in [5, 5.41) is 4.86. The van der Waals surface area contributed by atoms with E-state index in [0.717, 1.165) is 44.9 Å². The van der Waals surface area contributed by atoms with Gasteiger partial charge < -0.3 is 9.47 Å². The number of hydrogen-bond acceptors (Lipinski definition) is 4. The molecule has 1 aliphatic rings. The zero-order chi connectivity index (χ0) is 40.1. The van der Waals surface area contributed by atoms with Gasteiger partial charge in [0.1, 0.15) is 0 Å². The van der Waals surface area contributed by atoms with Gasteiger partial charge in [-0.3, -0.25) is 0 Å². The van der Waals surface area contributed by atoms with Gasteiger partial charge in [-0.2, -0.15) is 0 Å². The summed E-state index contributed by atoms with van der Waals surface area (Å²) in [5.41, 5.74) is 13.0. The van der Waals surface area contributed by atoms with Crippen molar-refractivity contribution in [1.82, 2.24) is 0 Å². The van der Waals surface area contributed by atoms with Gasteiger partial charge in [-0.1, -0.05) is 154 Å². The fourth-order valence-corrected chi connectivity index (χ4v) is 8.76. The third-order valence-corrected chi connectivity index (χ3v) is 11.6. The van der Waals surface area contributed by atoms with Crippen LogP contribution in [-0.2, 0) is 30.9 Å². The molecule has 0 radical (unpaired) electrons. The molecule has 0 heterocycles. The summed E-state index contributed by atoms with van der Waals surface area (Å²) in [6, 6.07) is 42.4. The number of hydrogen-bond donors (Lipinski definition) is 0. The Morgan fingerprint density at radius 1 is 0.561 bits per heavy atom. The second kappa shape index (κ2) is 17.0. The van der Waals surface area contributed by atoms with Crippen LogP contribution in [0.2, 0.25) is 0 Å². The minimum absolute atomic E-state index is 0.324. The van der Waals surface area contributed by atoms with Crippen LogP contribution in [0.3, 0.4) is 0 Å². The van der Waals surface area contributed by atoms with Crippen LogP contribution in [0.15, 0.2) is 152 Å². The monoisotopic (exact) mass is 752 g/mol. The van der Waals surface area contributed by atoms with E-state index >= 15 is 0 Å². The summed E-state index contributed by atoms with van der Waals surface area (Å²) in [5.74, 6) is -0.661. The molecule has 0 aliphatic heterocycles. The molecule has 1 atom stereocenters. The van der Waals surface area contributed by atoms with E-state index < -0.39 is 0 Å². The number of carbonyl (C=O) groups is 2. The smallest absolute Gasteiger partial charge is 0.333 e. The predicted octanol–water partition coefficient (Wildman–Crippen LogP) is 13.3. The molecule has 0 aromatic heterocycles. The maximum Gasteiger partial charge on any atom is 0.333 e. The average molecular weight is 753 g/mol. The SMILES string of the molecule is C=C(C)C(=O)OCCCCCC1(C(=C)CC)c2ccccc2-c2ccc(-c3c4ccccc4c(-c4ccc(CCCOC(=O)C(=C)C)cc4)c4ccccc34)cc21. The zero-order valence-electron chi connectivity index (χ0n) is 33.6. The summed E-state index contributed by atoms with van der Waals surface area (Å²) < 4.78 is 10.7. The molecular weight excluding hydrogens is 701 g/mol. The first-order chi connectivity index (χ1) is 27.6. The maximum absolute atomic E-state index is 12.0. The minimum Gasteiger partial charge on any atom is -0.462 e. The Kier molecular flexibility index (Phi) is 11.7. The molecule has 0 fully saturated rings. The Labute approximate surface area is 337 Å². The van der Waals surface area contributed by atoms with Crippen molar-refractivity contribution < 1.29 is 19.1 Å². The number of fused-ring (bicyclic) bond motifs is 5. The maximum atomic E-state index is 12.0. The first-order valence-electron chi connectivity index (χ1n) is 20.3. The van der Waals surface area contributed by atoms with E-state index in [0.29, 0.717) is 24.4 Å². The number of unbranched alkanes of at least 4 members (excludes halogenated alkanes) is 2. The third kappa shape index (κ3) is 7.61. The number of ether oxygens (including phenoxy) is 2. The molecule has 57 heavy (non-hydrogen) atoms. The van der Waals surface area contributed by atoms with Crippen molar-refractivity contribution in [2.75, 3.05) is 13.2 Å². The third-order valence-electron chi connectivity index (χ3n) is 11.6. The topological polar surface area (TPSA) is 52.6 Å². The first-order valence-corrected chi connectivity index (χ1v) is 20.3. The predicted molar refractivity (Wildman–Crippen MR) is 236 cm³/mol. The second-order valence-corrected chi connectivity index (χ2v) is 15.5. The van der Waals surface area contributed by atoms with Crippen molar-refractivity contribution in [2.45, 2.75) is 71.1 Å². The lowest BCUT2D eigenvalue weighted by Gasteiger charge is -2.35. The van der Waals surface area contributed by atoms with Crippen molar-refractivity contribution in [3.05, 3.63) is 168 Å². The van der Waals surface area contributed by atoms with Crippen LogP contribution in [0.25, 0.3) is 54.9 Å². The number of rotatable bonds is 16. The van der Waals surface area contributed by atoms with Gasteiger partial charge in [0.15, 0.2) is 0 Å². The molecule has 4 nitrogen and oxygen atoms in total. The molecule has 7 rings (SSSR count). The van der Waals surface area contributed by atoms with Crippen LogP contribution >= 0.6 is 0 Å². The molecule has 0 N–H and O–H groups in total. The molecular formula is C53H52O4. The highest BCUT2D eigenvalue weighted by molar-refractivity contribution is 6.21. The first kappa shape index (κ1) is 39.2. The molecule has 0 bridgehead atoms. The molecule has 4 heteroatoms. The van der Waals surface area contributed by atoms with Crippen LogP contribution in [0.5, 0.6) is 0 Å². The summed E-state index contributed by atoms with van der Waals surface area (Å²) in [4.78, 5) is 23.8. The fourth-order valence-electron chi connectivity index (χ4n) is 8.76. The van der Waals surface area contributed by atoms with Crippen LogP contribution in [0.4, 0.5) is 0 Å². The zero-order valence-corrected chi connectivity index (χ0v) is 33.6. The Morgan fingerprint density at radius 2 is 1.07 bits per heavy atom. The number of carbonyl (C=O) groups excluding carboxylic acids is 2. The lowest BCUT2D eigenvalue weighted by atomic mass is 9.68. The number of allylic oxidation sites excluding steroid dienone is 1. The Hall–Kier alpha value is -6.00. The lowest BCUT2D eigenvalue weighted by Crippen LogP contribution is -2.27. The lowest BCUT2D eigenvalue weighted by molar-refractivity contribution is -0.139. The van der Waals surface area contributed by atoms with Gasteiger partial charge in [0.05, 0.1) is 13.2 Å². The molecule has 0 spiro atoms. The van der Waals surface area contributed by atoms with E-state index in [-0.39, 0.29) is 17.4 Å². The van der Waals surface area contributed by atoms with Crippen molar-refractivity contribution in [2.24, 2.45) is 0 Å². The van der Waals surface area contributed by atoms with Crippen LogP contribution < -0.4 is 0 Å². The summed E-state index contributed by atoms with van der Waals surface area (Å²) in [6.45, 7) is 18.5. The Morgan fingerprint density at radius 3 is 1.65 bits per heavy atom. The summed E-state index contributed by atoms with van der Waals surface area (Å²) in [7, 11) is 0. The second-order valence-electron chi connectivity index (χ2n) is 15.5. The molecule has 1 aliphatic carbocycles. The fraction of sp³-hybridized carbons (Fsp3) is 0.245. The van der Waals surface area contributed by atoms with Crippen molar-refractivity contribution in [1.29, 1.82) is 0 Å². The van der Waals surface area contributed by atoms with Crippen molar-refractivity contribution >= 4 is 33.5 Å². The number of esters is 2. The van der Waals surface area contributed by atoms with Gasteiger partial charge >= 0.3 is 11.9 Å². The largest absolute Gasteiger partial charge is 0.462 e. The van der Waals surface area contributed by atoms with Gasteiger partial charge in [-0.25, -0.2) is 9.59 Å². The van der Waals surface area contributed by atoms with Crippen LogP contribution in [-0.4, -0.2) is 25.2 Å². The van der Waals surface area contributed by atoms with Gasteiger partial charge in [-0.15, -0.1) is 0 Å². The van der Waals surface area contributed by atoms with Crippen molar-refractivity contribution in [3.8, 4) is 33.4 Å². The van der Waals surface area contributed by atoms with Gasteiger partial charge in [0, 0.05) is 16.6 Å². The quantitative estimate of drug-likeness (QED) is 0.0325. The van der Waals surface area contributed by atoms with Crippen molar-refractivity contribution in [3.63, 3.8) is 0 Å². The van der Waals surface area contributed by atoms with E-state index in [1.165, 1.54) is 77.2 Å². The highest BCUT2D eigenvalue weighted by atomic mass is 16.5. The highest BCUT2D eigenvalue weighted by Gasteiger charge is 2.44. The molecule has 288 valence electrons. The van der Waals surface area contributed by atoms with Gasteiger partial charge in [0.2, 0.25) is 0 Å². The molecule has 1 unspecified atom stereocenters. The number of aryl methyl sites for hydroxylation is 1. The Balaban J connectivity index is 1.28. The minimum atomic E-state index is -0.337. The van der Waals surface area contributed by atoms with Crippen LogP contribution in [0.1, 0.15) is 76.0 Å². The summed E-state index contributed by atoms with van der Waals surface area (Å²) in [6.07, 6.45) is 6.11. The normalized spacial score (nSPS) is 14.2. The van der Waals surface area contributed by atoms with E-state index in [1.54, 1.807) is 13.8 Å². The van der Waals surface area contributed by atoms with E-state index in [1.807, 2.05) is 0 Å². The van der Waals surface area contributed by atoms with E-state index in [4.69, 9.17) is 16.1 Å². The highest BCUT2D eigenvalue weighted by Crippen LogP contribution is 2.57. The van der Waals surface area contributed by atoms with E-state index in [2.05, 4.69) is 135 Å². The molecule has 0 saturated carbocycles. The standard InChI is InChI=1S/C53H52O4/c1-7-37(6)53(31-15-8-16-32-56-51(54)35(2)3)47-24-14-13-19-41(47)42-30-29-40(34-48(42)53)50-45-22-11-9-20-43(45)49(44-21-10-12-23-46(44)50)39-27-25-38(26-28-39)18-17-33-57-52(55)36(4)5/h9-14,19-30,34H,2,4,6-8,15-18,31-33H2,1,3,5H3. The number of benzene rings is 6. The molecule has 6 aromatic carbocycles. The Bertz CT molecular complexity index is 2460. The van der Waals surface area contributed by atoms with Gasteiger partial charge in [0.25, 0.3) is 0 Å². The average Bonchev–Trinajstić information content (AvgIpc) is 3.51. The van der Waals surface area contributed by atoms with Gasteiger partial charge in [-0.05, 0) is 124 Å². The molecule has 6 aromatic rings. The summed E-state index contributed by atoms with van der Waals surface area (Å²) >= 11 is 0. The van der Waals surface area contributed by atoms with E-state index in [9.17, 15) is 9.59 Å². The van der Waals surface area contributed by atoms with Crippen LogP contribution in [0, 0.1) is 0 Å².